The van der Waals surface area contributed by atoms with E-state index in [1.807, 2.05) is 13.2 Å². The van der Waals surface area contributed by atoms with Crippen molar-refractivity contribution in [2.75, 3.05) is 11.9 Å². The van der Waals surface area contributed by atoms with Crippen molar-refractivity contribution in [1.29, 1.82) is 0 Å². The average molecular weight is 261 g/mol. The summed E-state index contributed by atoms with van der Waals surface area (Å²) in [6.45, 7) is 3.81. The zero-order valence-electron chi connectivity index (χ0n) is 11.0. The van der Waals surface area contributed by atoms with Gasteiger partial charge in [0.05, 0.1) is 17.9 Å². The SMILES string of the molecule is CCOC(=O)c1cnc(Nc2ccn(C)n2)nc1C. The molecule has 2 heterocycles. The van der Waals surface area contributed by atoms with Crippen molar-refractivity contribution >= 4 is 17.7 Å². The molecule has 0 unspecified atom stereocenters. The molecule has 7 heteroatoms. The fourth-order valence-corrected chi connectivity index (χ4v) is 1.53. The van der Waals surface area contributed by atoms with Crippen LogP contribution in [0.15, 0.2) is 18.5 Å². The molecule has 19 heavy (non-hydrogen) atoms. The monoisotopic (exact) mass is 261 g/mol. The lowest BCUT2D eigenvalue weighted by atomic mass is 10.2. The van der Waals surface area contributed by atoms with Crippen LogP contribution in [0.5, 0.6) is 0 Å². The second-order valence-electron chi connectivity index (χ2n) is 3.91. The van der Waals surface area contributed by atoms with Gasteiger partial charge in [0.15, 0.2) is 5.82 Å². The molecular formula is C12H15N5O2. The van der Waals surface area contributed by atoms with Gasteiger partial charge in [0.1, 0.15) is 0 Å². The fourth-order valence-electron chi connectivity index (χ4n) is 1.53. The molecule has 2 aromatic heterocycles. The third-order valence-corrected chi connectivity index (χ3v) is 2.43. The molecule has 0 aliphatic rings. The van der Waals surface area contributed by atoms with Crippen LogP contribution < -0.4 is 5.32 Å². The quantitative estimate of drug-likeness (QED) is 0.839. The minimum Gasteiger partial charge on any atom is -0.462 e. The molecule has 0 saturated carbocycles. The molecule has 0 aliphatic heterocycles. The predicted octanol–water partition coefficient (Wildman–Crippen LogP) is 1.44. The van der Waals surface area contributed by atoms with E-state index in [2.05, 4.69) is 20.4 Å². The van der Waals surface area contributed by atoms with Crippen molar-refractivity contribution in [2.24, 2.45) is 7.05 Å². The van der Waals surface area contributed by atoms with Crippen LogP contribution in [0.25, 0.3) is 0 Å². The van der Waals surface area contributed by atoms with Crippen molar-refractivity contribution < 1.29 is 9.53 Å². The van der Waals surface area contributed by atoms with Gasteiger partial charge in [-0.1, -0.05) is 0 Å². The third kappa shape index (κ3) is 3.06. The Morgan fingerprint density at radius 1 is 1.53 bits per heavy atom. The molecule has 7 nitrogen and oxygen atoms in total. The first kappa shape index (κ1) is 13.0. The highest BCUT2D eigenvalue weighted by atomic mass is 16.5. The predicted molar refractivity (Wildman–Crippen MR) is 69.2 cm³/mol. The number of nitrogens with one attached hydrogen (secondary N) is 1. The Kier molecular flexibility index (Phi) is 3.74. The number of rotatable bonds is 4. The van der Waals surface area contributed by atoms with E-state index in [4.69, 9.17) is 4.74 Å². The Morgan fingerprint density at radius 2 is 2.32 bits per heavy atom. The summed E-state index contributed by atoms with van der Waals surface area (Å²) in [5, 5.41) is 7.11. The van der Waals surface area contributed by atoms with Crippen molar-refractivity contribution in [3.8, 4) is 0 Å². The second-order valence-corrected chi connectivity index (χ2v) is 3.91. The molecule has 0 atom stereocenters. The molecular weight excluding hydrogens is 246 g/mol. The first-order valence-electron chi connectivity index (χ1n) is 5.87. The van der Waals surface area contributed by atoms with Crippen LogP contribution in [0.2, 0.25) is 0 Å². The summed E-state index contributed by atoms with van der Waals surface area (Å²) in [4.78, 5) is 19.9. The van der Waals surface area contributed by atoms with Crippen LogP contribution in [0.3, 0.4) is 0 Å². The minimum atomic E-state index is -0.413. The van der Waals surface area contributed by atoms with Crippen molar-refractivity contribution in [2.45, 2.75) is 13.8 Å². The van der Waals surface area contributed by atoms with E-state index >= 15 is 0 Å². The number of carbonyl (C=O) groups is 1. The maximum atomic E-state index is 11.6. The van der Waals surface area contributed by atoms with E-state index in [-0.39, 0.29) is 0 Å². The number of anilines is 2. The van der Waals surface area contributed by atoms with Gasteiger partial charge in [0.2, 0.25) is 5.95 Å². The topological polar surface area (TPSA) is 81.9 Å². The highest BCUT2D eigenvalue weighted by Crippen LogP contribution is 2.12. The molecule has 2 aromatic rings. The van der Waals surface area contributed by atoms with Gasteiger partial charge in [-0.15, -0.1) is 0 Å². The summed E-state index contributed by atoms with van der Waals surface area (Å²) in [6.07, 6.45) is 3.26. The Bertz CT molecular complexity index is 594. The van der Waals surface area contributed by atoms with Crippen LogP contribution in [0.4, 0.5) is 11.8 Å². The smallest absolute Gasteiger partial charge is 0.341 e. The maximum Gasteiger partial charge on any atom is 0.341 e. The Hall–Kier alpha value is -2.44. The first-order valence-corrected chi connectivity index (χ1v) is 5.87. The summed E-state index contributed by atoms with van der Waals surface area (Å²) < 4.78 is 6.58. The lowest BCUT2D eigenvalue weighted by molar-refractivity contribution is 0.0524. The van der Waals surface area contributed by atoms with Gasteiger partial charge in [-0.2, -0.15) is 5.10 Å². The van der Waals surface area contributed by atoms with Crippen LogP contribution in [0, 0.1) is 6.92 Å². The number of esters is 1. The number of aryl methyl sites for hydroxylation is 2. The number of carbonyl (C=O) groups excluding carboxylic acids is 1. The average Bonchev–Trinajstić information content (AvgIpc) is 2.75. The molecule has 0 aliphatic carbocycles. The van der Waals surface area contributed by atoms with Gasteiger partial charge in [-0.3, -0.25) is 4.68 Å². The molecule has 0 amide bonds. The van der Waals surface area contributed by atoms with Crippen LogP contribution in [0.1, 0.15) is 23.0 Å². The number of ether oxygens (including phenoxy) is 1. The van der Waals surface area contributed by atoms with E-state index in [9.17, 15) is 4.79 Å². The minimum absolute atomic E-state index is 0.326. The number of hydrogen-bond acceptors (Lipinski definition) is 6. The largest absolute Gasteiger partial charge is 0.462 e. The molecule has 0 aromatic carbocycles. The standard InChI is InChI=1S/C12H15N5O2/c1-4-19-11(18)9-7-13-12(14-8(9)2)15-10-5-6-17(3)16-10/h5-7H,4H2,1-3H3,(H,13,14,15,16). The Labute approximate surface area is 110 Å². The molecule has 0 fully saturated rings. The van der Waals surface area contributed by atoms with Gasteiger partial charge in [-0.25, -0.2) is 14.8 Å². The van der Waals surface area contributed by atoms with Crippen molar-refractivity contribution in [1.82, 2.24) is 19.7 Å². The lowest BCUT2D eigenvalue weighted by Gasteiger charge is -2.06. The van der Waals surface area contributed by atoms with Crippen LogP contribution in [-0.4, -0.2) is 32.3 Å². The van der Waals surface area contributed by atoms with Gasteiger partial charge < -0.3 is 10.1 Å². The number of hydrogen-bond donors (Lipinski definition) is 1. The molecule has 0 spiro atoms. The van der Waals surface area contributed by atoms with Crippen LogP contribution >= 0.6 is 0 Å². The first-order chi connectivity index (χ1) is 9.10. The third-order valence-electron chi connectivity index (χ3n) is 2.43. The number of aromatic nitrogens is 4. The highest BCUT2D eigenvalue weighted by molar-refractivity contribution is 5.90. The van der Waals surface area contributed by atoms with Gasteiger partial charge in [0.25, 0.3) is 0 Å². The summed E-state index contributed by atoms with van der Waals surface area (Å²) >= 11 is 0. The van der Waals surface area contributed by atoms with E-state index in [0.29, 0.717) is 29.6 Å². The Morgan fingerprint density at radius 3 is 2.89 bits per heavy atom. The summed E-state index contributed by atoms with van der Waals surface area (Å²) in [5.41, 5.74) is 0.931. The molecule has 0 bridgehead atoms. The van der Waals surface area contributed by atoms with E-state index in [1.165, 1.54) is 6.20 Å². The summed E-state index contributed by atoms with van der Waals surface area (Å²) in [6, 6.07) is 1.80. The number of nitrogens with zero attached hydrogens (tertiary/aromatic N) is 4. The van der Waals surface area contributed by atoms with Crippen molar-refractivity contribution in [3.63, 3.8) is 0 Å². The second kappa shape index (κ2) is 5.47. The van der Waals surface area contributed by atoms with E-state index < -0.39 is 5.97 Å². The molecule has 0 saturated heterocycles. The van der Waals surface area contributed by atoms with E-state index in [1.54, 1.807) is 24.6 Å². The maximum absolute atomic E-state index is 11.6. The molecule has 0 radical (unpaired) electrons. The van der Waals surface area contributed by atoms with Gasteiger partial charge in [-0.05, 0) is 13.8 Å². The lowest BCUT2D eigenvalue weighted by Crippen LogP contribution is -2.10. The Balaban J connectivity index is 2.16. The van der Waals surface area contributed by atoms with Crippen LogP contribution in [-0.2, 0) is 11.8 Å². The van der Waals surface area contributed by atoms with E-state index in [0.717, 1.165) is 0 Å². The molecule has 1 N–H and O–H groups in total. The fraction of sp³-hybridized carbons (Fsp3) is 0.333. The van der Waals surface area contributed by atoms with Gasteiger partial charge >= 0.3 is 5.97 Å². The highest BCUT2D eigenvalue weighted by Gasteiger charge is 2.12. The normalized spacial score (nSPS) is 10.3. The zero-order valence-corrected chi connectivity index (χ0v) is 11.0. The van der Waals surface area contributed by atoms with Crippen molar-refractivity contribution in [3.05, 3.63) is 29.7 Å². The molecule has 2 rings (SSSR count). The zero-order chi connectivity index (χ0) is 13.8. The van der Waals surface area contributed by atoms with Gasteiger partial charge in [0, 0.05) is 25.5 Å². The summed E-state index contributed by atoms with van der Waals surface area (Å²) in [7, 11) is 1.82. The molecule has 100 valence electrons. The summed E-state index contributed by atoms with van der Waals surface area (Å²) in [5.74, 6) is 0.624.